The highest BCUT2D eigenvalue weighted by molar-refractivity contribution is 7.86. The van der Waals surface area contributed by atoms with Gasteiger partial charge in [0.05, 0.1) is 5.75 Å². The monoisotopic (exact) mass is 240 g/mol. The summed E-state index contributed by atoms with van der Waals surface area (Å²) in [6.45, 7) is 2.17. The summed E-state index contributed by atoms with van der Waals surface area (Å²) in [6.07, 6.45) is 8.43. The van der Waals surface area contributed by atoms with E-state index in [2.05, 4.69) is 11.3 Å². The minimum Gasteiger partial charge on any atom is -0.197 e. The van der Waals surface area contributed by atoms with E-state index in [1.165, 1.54) is 25.7 Å². The van der Waals surface area contributed by atoms with Crippen LogP contribution >= 0.6 is 0 Å². The maximum Gasteiger partial charge on any atom is 0.297 e. The molecule has 15 heavy (non-hydrogen) atoms. The molecule has 0 atom stereocenters. The van der Waals surface area contributed by atoms with Gasteiger partial charge in [-0.2, -0.15) is 8.42 Å². The molecule has 5 heteroatoms. The second kappa shape index (κ2) is 9.09. The van der Waals surface area contributed by atoms with Crippen molar-refractivity contribution in [2.45, 2.75) is 58.3 Å². The zero-order chi connectivity index (χ0) is 11.6. The fourth-order valence-corrected chi connectivity index (χ4v) is 2.06. The van der Waals surface area contributed by atoms with Crippen molar-refractivity contribution in [3.05, 3.63) is 0 Å². The molecule has 0 unspecified atom stereocenters. The highest BCUT2D eigenvalue weighted by Gasteiger charge is 2.09. The third-order valence-corrected chi connectivity index (χ3v) is 3.32. The van der Waals surface area contributed by atoms with E-state index in [9.17, 15) is 12.9 Å². The highest BCUT2D eigenvalue weighted by atomic mass is 32.2. The lowest BCUT2D eigenvalue weighted by Gasteiger charge is -2.00. The molecule has 0 aromatic heterocycles. The molecule has 0 heterocycles. The van der Waals surface area contributed by atoms with Crippen molar-refractivity contribution in [3.63, 3.8) is 0 Å². The first kappa shape index (κ1) is 14.8. The normalized spacial score (nSPS) is 11.9. The zero-order valence-corrected chi connectivity index (χ0v) is 10.2. The molecule has 0 rings (SSSR count). The maximum atomic E-state index is 11.4. The van der Waals surface area contributed by atoms with E-state index in [-0.39, 0.29) is 5.75 Å². The standard InChI is InChI=1S/C10H21FO3S/c1-2-3-4-5-6-7-8-9-10-15(12,13)14-11/h2-10H2,1H3. The van der Waals surface area contributed by atoms with Gasteiger partial charge in [0.25, 0.3) is 10.1 Å². The molecule has 0 amide bonds. The topological polar surface area (TPSA) is 43.4 Å². The van der Waals surface area contributed by atoms with Crippen LogP contribution < -0.4 is 0 Å². The Morgan fingerprint density at radius 3 is 1.87 bits per heavy atom. The Bertz CT molecular complexity index is 227. The Balaban J connectivity index is 3.19. The number of unbranched alkanes of at least 4 members (excludes halogenated alkanes) is 7. The van der Waals surface area contributed by atoms with Gasteiger partial charge in [-0.3, -0.25) is 0 Å². The van der Waals surface area contributed by atoms with Crippen LogP contribution in [-0.2, 0) is 14.5 Å². The van der Waals surface area contributed by atoms with Gasteiger partial charge in [0.1, 0.15) is 0 Å². The minimum atomic E-state index is -3.89. The van der Waals surface area contributed by atoms with Crippen molar-refractivity contribution in [3.8, 4) is 0 Å². The Labute approximate surface area is 92.0 Å². The van der Waals surface area contributed by atoms with Crippen molar-refractivity contribution in [1.29, 1.82) is 0 Å². The first-order valence-electron chi connectivity index (χ1n) is 5.65. The summed E-state index contributed by atoms with van der Waals surface area (Å²) in [5.41, 5.74) is 0. The molecule has 0 aliphatic heterocycles. The summed E-state index contributed by atoms with van der Waals surface area (Å²) in [6, 6.07) is 0. The van der Waals surface area contributed by atoms with Crippen molar-refractivity contribution < 1.29 is 17.3 Å². The molecule has 0 saturated carbocycles. The SMILES string of the molecule is CCCCCCCCCCS(=O)(=O)OF. The van der Waals surface area contributed by atoms with Gasteiger partial charge >= 0.3 is 0 Å². The molecule has 0 aromatic rings. The first-order valence-corrected chi connectivity index (χ1v) is 7.23. The molecule has 3 nitrogen and oxygen atoms in total. The summed E-state index contributed by atoms with van der Waals surface area (Å²) < 4.78 is 35.4. The van der Waals surface area contributed by atoms with E-state index in [1.54, 1.807) is 0 Å². The average Bonchev–Trinajstić information content (AvgIpc) is 2.22. The van der Waals surface area contributed by atoms with Crippen LogP contribution in [0.25, 0.3) is 0 Å². The summed E-state index contributed by atoms with van der Waals surface area (Å²) in [5.74, 6) is -0.210. The van der Waals surface area contributed by atoms with Gasteiger partial charge in [0.2, 0.25) is 0 Å². The Morgan fingerprint density at radius 2 is 1.40 bits per heavy atom. The molecule has 0 spiro atoms. The van der Waals surface area contributed by atoms with Gasteiger partial charge in [-0.25, -0.2) is 0 Å². The fourth-order valence-electron chi connectivity index (χ4n) is 1.44. The van der Waals surface area contributed by atoms with Crippen LogP contribution in [0.5, 0.6) is 0 Å². The van der Waals surface area contributed by atoms with Crippen molar-refractivity contribution in [1.82, 2.24) is 0 Å². The fraction of sp³-hybridized carbons (Fsp3) is 1.00. The summed E-state index contributed by atoms with van der Waals surface area (Å²) >= 11 is 0. The Morgan fingerprint density at radius 1 is 0.933 bits per heavy atom. The van der Waals surface area contributed by atoms with Gasteiger partial charge in [-0.15, -0.1) is 0 Å². The largest absolute Gasteiger partial charge is 0.297 e. The Hall–Kier alpha value is -0.160. The lowest BCUT2D eigenvalue weighted by Crippen LogP contribution is -2.05. The van der Waals surface area contributed by atoms with Crippen LogP contribution in [-0.4, -0.2) is 14.2 Å². The molecule has 0 aliphatic carbocycles. The first-order chi connectivity index (χ1) is 7.12. The van der Waals surface area contributed by atoms with Crippen LogP contribution in [0.3, 0.4) is 0 Å². The smallest absolute Gasteiger partial charge is 0.197 e. The molecule has 92 valence electrons. The molecule has 0 N–H and O–H groups in total. The quantitative estimate of drug-likeness (QED) is 0.550. The lowest BCUT2D eigenvalue weighted by molar-refractivity contribution is 0.00288. The van der Waals surface area contributed by atoms with Gasteiger partial charge in [-0.05, 0) is 10.9 Å². The molecular formula is C10H21FO3S. The van der Waals surface area contributed by atoms with Gasteiger partial charge in [0.15, 0.2) is 0 Å². The molecule has 0 aliphatic rings. The molecule has 0 saturated heterocycles. The van der Waals surface area contributed by atoms with Gasteiger partial charge in [0, 0.05) is 0 Å². The van der Waals surface area contributed by atoms with E-state index in [0.717, 1.165) is 19.3 Å². The molecule has 0 aromatic carbocycles. The molecule has 0 radical (unpaired) electrons. The number of hydrogen-bond donors (Lipinski definition) is 0. The van der Waals surface area contributed by atoms with E-state index in [0.29, 0.717) is 6.42 Å². The lowest BCUT2D eigenvalue weighted by atomic mass is 10.1. The van der Waals surface area contributed by atoms with Crippen LogP contribution in [0.15, 0.2) is 0 Å². The second-order valence-corrected chi connectivity index (χ2v) is 5.45. The zero-order valence-electron chi connectivity index (χ0n) is 9.37. The number of rotatable bonds is 10. The predicted molar refractivity (Wildman–Crippen MR) is 58.6 cm³/mol. The Kier molecular flexibility index (Phi) is 9.00. The van der Waals surface area contributed by atoms with Crippen LogP contribution in [0, 0.1) is 0 Å². The van der Waals surface area contributed by atoms with Crippen molar-refractivity contribution in [2.24, 2.45) is 0 Å². The van der Waals surface area contributed by atoms with Crippen LogP contribution in [0.1, 0.15) is 58.3 Å². The third kappa shape index (κ3) is 10.1. The third-order valence-electron chi connectivity index (χ3n) is 2.34. The van der Waals surface area contributed by atoms with Crippen LogP contribution in [0.2, 0.25) is 0 Å². The maximum absolute atomic E-state index is 11.4. The predicted octanol–water partition coefficient (Wildman–Crippen LogP) is 3.36. The van der Waals surface area contributed by atoms with E-state index in [4.69, 9.17) is 0 Å². The van der Waals surface area contributed by atoms with Crippen LogP contribution in [0.4, 0.5) is 4.53 Å². The highest BCUT2D eigenvalue weighted by Crippen LogP contribution is 2.09. The molecule has 0 fully saturated rings. The van der Waals surface area contributed by atoms with Crippen molar-refractivity contribution in [2.75, 3.05) is 5.75 Å². The van der Waals surface area contributed by atoms with E-state index in [1.807, 2.05) is 0 Å². The second-order valence-electron chi connectivity index (χ2n) is 3.80. The molecular weight excluding hydrogens is 219 g/mol. The minimum absolute atomic E-state index is 0.210. The summed E-state index contributed by atoms with van der Waals surface area (Å²) in [5, 5.41) is 0. The summed E-state index contributed by atoms with van der Waals surface area (Å²) in [4.78, 5) is 0. The number of hydrogen-bond acceptors (Lipinski definition) is 3. The van der Waals surface area contributed by atoms with E-state index < -0.39 is 10.1 Å². The van der Waals surface area contributed by atoms with Crippen molar-refractivity contribution >= 4 is 10.1 Å². The summed E-state index contributed by atoms with van der Waals surface area (Å²) in [7, 11) is -3.89. The average molecular weight is 240 g/mol. The van der Waals surface area contributed by atoms with E-state index >= 15 is 0 Å². The number of halogens is 1. The van der Waals surface area contributed by atoms with Gasteiger partial charge in [-0.1, -0.05) is 56.3 Å². The van der Waals surface area contributed by atoms with Gasteiger partial charge < -0.3 is 0 Å². The molecule has 0 bridgehead atoms.